The summed E-state index contributed by atoms with van der Waals surface area (Å²) in [5.74, 6) is 0.177. The number of nitrogens with zero attached hydrogens (tertiary/aromatic N) is 1. The van der Waals surface area contributed by atoms with E-state index in [1.807, 2.05) is 6.92 Å². The van der Waals surface area contributed by atoms with Gasteiger partial charge in [0.1, 0.15) is 4.32 Å². The van der Waals surface area contributed by atoms with Crippen molar-refractivity contribution in [3.05, 3.63) is 28.7 Å². The topological polar surface area (TPSA) is 93.1 Å². The van der Waals surface area contributed by atoms with E-state index in [0.717, 1.165) is 22.2 Å². The first-order valence-corrected chi connectivity index (χ1v) is 10.1. The van der Waals surface area contributed by atoms with E-state index >= 15 is 0 Å². The number of methoxy groups -OCH3 is 1. The van der Waals surface area contributed by atoms with Crippen LogP contribution in [0, 0.1) is 0 Å². The fourth-order valence-electron chi connectivity index (χ4n) is 2.10. The van der Waals surface area contributed by atoms with E-state index in [-0.39, 0.29) is 10.9 Å². The maximum Gasteiger partial charge on any atom is 0.266 e. The number of carbonyl (C=O) groups excluding carboxylic acids is 1. The first-order valence-electron chi connectivity index (χ1n) is 7.26. The third-order valence-electron chi connectivity index (χ3n) is 3.23. The largest absolute Gasteiger partial charge is 0.493 e. The van der Waals surface area contributed by atoms with Crippen molar-refractivity contribution in [2.75, 3.05) is 26.0 Å². The zero-order chi connectivity index (χ0) is 18.6. The van der Waals surface area contributed by atoms with Gasteiger partial charge >= 0.3 is 0 Å². The Morgan fingerprint density at radius 3 is 2.68 bits per heavy atom. The molecule has 1 saturated heterocycles. The van der Waals surface area contributed by atoms with Gasteiger partial charge in [-0.15, -0.1) is 0 Å². The molecule has 1 aliphatic rings. The smallest absolute Gasteiger partial charge is 0.266 e. The van der Waals surface area contributed by atoms with Crippen LogP contribution in [0.4, 0.5) is 0 Å². The second-order valence-electron chi connectivity index (χ2n) is 4.96. The number of hydrogen-bond acceptors (Lipinski definition) is 7. The summed E-state index contributed by atoms with van der Waals surface area (Å²) in [4.78, 5) is 13.9. The number of ether oxygens (including phenoxy) is 2. The molecule has 0 aromatic heterocycles. The molecule has 25 heavy (non-hydrogen) atoms. The third kappa shape index (κ3) is 5.18. The van der Waals surface area contributed by atoms with Crippen LogP contribution in [0.25, 0.3) is 6.08 Å². The van der Waals surface area contributed by atoms with E-state index < -0.39 is 21.8 Å². The molecule has 0 atom stereocenters. The van der Waals surface area contributed by atoms with Crippen molar-refractivity contribution in [3.63, 3.8) is 0 Å². The molecule has 1 fully saturated rings. The molecule has 7 nitrogen and oxygen atoms in total. The molecule has 0 unspecified atom stereocenters. The summed E-state index contributed by atoms with van der Waals surface area (Å²) in [7, 11) is -2.64. The van der Waals surface area contributed by atoms with Crippen LogP contribution in [0.1, 0.15) is 12.5 Å². The highest BCUT2D eigenvalue weighted by Crippen LogP contribution is 2.34. The van der Waals surface area contributed by atoms with Crippen molar-refractivity contribution >= 4 is 50.4 Å². The van der Waals surface area contributed by atoms with Crippen LogP contribution in [0.15, 0.2) is 23.1 Å². The number of rotatable bonds is 7. The summed E-state index contributed by atoms with van der Waals surface area (Å²) < 4.78 is 41.5. The fraction of sp³-hybridized carbons (Fsp3) is 0.333. The highest BCUT2D eigenvalue weighted by atomic mass is 32.2. The van der Waals surface area contributed by atoms with Crippen molar-refractivity contribution in [2.24, 2.45) is 0 Å². The van der Waals surface area contributed by atoms with Crippen molar-refractivity contribution in [2.45, 2.75) is 6.92 Å². The molecular weight excluding hydrogens is 386 g/mol. The van der Waals surface area contributed by atoms with Gasteiger partial charge in [0, 0.05) is 6.54 Å². The molecule has 1 heterocycles. The second-order valence-corrected chi connectivity index (χ2v) is 8.21. The zero-order valence-electron chi connectivity index (χ0n) is 13.6. The molecule has 1 aliphatic heterocycles. The summed E-state index contributed by atoms with van der Waals surface area (Å²) >= 11 is 6.18. The molecule has 136 valence electrons. The predicted molar refractivity (Wildman–Crippen MR) is 100 cm³/mol. The molecule has 1 N–H and O–H groups in total. The summed E-state index contributed by atoms with van der Waals surface area (Å²) in [6.45, 7) is 2.18. The van der Waals surface area contributed by atoms with Gasteiger partial charge in [-0.1, -0.05) is 30.0 Å². The SMILES string of the molecule is CCOc1ccc(/C=C2/SC(=S)N(CCS(=O)(=O)O)C2=O)cc1OC. The van der Waals surface area contributed by atoms with E-state index in [0.29, 0.717) is 23.0 Å². The molecule has 0 saturated carbocycles. The summed E-state index contributed by atoms with van der Waals surface area (Å²) in [6, 6.07) is 5.25. The second kappa shape index (κ2) is 8.17. The Kier molecular flexibility index (Phi) is 6.44. The standard InChI is InChI=1S/C15H17NO6S3/c1-3-22-11-5-4-10(8-12(11)21-2)9-13-14(17)16(15(23)24-13)6-7-25(18,19)20/h4-5,8-9H,3,6-7H2,1-2H3,(H,18,19,20)/b13-9+. The number of thioether (sulfide) groups is 1. The molecule has 1 aromatic carbocycles. The minimum Gasteiger partial charge on any atom is -0.493 e. The Morgan fingerprint density at radius 2 is 2.08 bits per heavy atom. The van der Waals surface area contributed by atoms with E-state index in [2.05, 4.69) is 0 Å². The van der Waals surface area contributed by atoms with Crippen LogP contribution in [-0.4, -0.2) is 54.1 Å². The Hall–Kier alpha value is -1.62. The van der Waals surface area contributed by atoms with Gasteiger partial charge < -0.3 is 9.47 Å². The molecule has 0 radical (unpaired) electrons. The van der Waals surface area contributed by atoms with E-state index in [1.54, 1.807) is 24.3 Å². The summed E-state index contributed by atoms with van der Waals surface area (Å²) in [6.07, 6.45) is 1.64. The molecule has 10 heteroatoms. The number of hydrogen-bond donors (Lipinski definition) is 1. The molecule has 2 rings (SSSR count). The number of carbonyl (C=O) groups is 1. The van der Waals surface area contributed by atoms with Gasteiger partial charge in [0.15, 0.2) is 11.5 Å². The minimum atomic E-state index is -4.17. The molecule has 1 aromatic rings. The normalized spacial score (nSPS) is 16.6. The molecular formula is C15H17NO6S3. The van der Waals surface area contributed by atoms with Crippen molar-refractivity contribution in [1.82, 2.24) is 4.90 Å². The van der Waals surface area contributed by atoms with Gasteiger partial charge in [0.25, 0.3) is 16.0 Å². The summed E-state index contributed by atoms with van der Waals surface area (Å²) in [5, 5.41) is 0. The Labute approximate surface area is 155 Å². The van der Waals surface area contributed by atoms with Gasteiger partial charge in [0.05, 0.1) is 24.4 Å². The lowest BCUT2D eigenvalue weighted by molar-refractivity contribution is -0.121. The van der Waals surface area contributed by atoms with Crippen molar-refractivity contribution in [1.29, 1.82) is 0 Å². The molecule has 0 spiro atoms. The van der Waals surface area contributed by atoms with Crippen LogP contribution in [0.3, 0.4) is 0 Å². The van der Waals surface area contributed by atoms with E-state index in [4.69, 9.17) is 26.2 Å². The first kappa shape index (κ1) is 19.7. The summed E-state index contributed by atoms with van der Waals surface area (Å²) in [5.41, 5.74) is 0.718. The van der Waals surface area contributed by atoms with Gasteiger partial charge in [-0.3, -0.25) is 14.2 Å². The van der Waals surface area contributed by atoms with E-state index in [1.165, 1.54) is 7.11 Å². The lowest BCUT2D eigenvalue weighted by atomic mass is 10.2. The average molecular weight is 404 g/mol. The van der Waals surface area contributed by atoms with Crippen molar-refractivity contribution < 1.29 is 27.2 Å². The van der Waals surface area contributed by atoms with Crippen LogP contribution < -0.4 is 9.47 Å². The monoisotopic (exact) mass is 403 g/mol. The highest BCUT2D eigenvalue weighted by Gasteiger charge is 2.32. The van der Waals surface area contributed by atoms with Crippen LogP contribution in [0.2, 0.25) is 0 Å². The maximum absolute atomic E-state index is 12.4. The van der Waals surface area contributed by atoms with Crippen LogP contribution in [0.5, 0.6) is 11.5 Å². The average Bonchev–Trinajstić information content (AvgIpc) is 2.80. The van der Waals surface area contributed by atoms with Gasteiger partial charge in [0.2, 0.25) is 0 Å². The number of thiocarbonyl (C=S) groups is 1. The maximum atomic E-state index is 12.4. The lowest BCUT2D eigenvalue weighted by Crippen LogP contribution is -2.32. The first-order chi connectivity index (χ1) is 11.7. The van der Waals surface area contributed by atoms with E-state index in [9.17, 15) is 13.2 Å². The van der Waals surface area contributed by atoms with Gasteiger partial charge in [-0.25, -0.2) is 0 Å². The Balaban J connectivity index is 2.21. The number of benzene rings is 1. The highest BCUT2D eigenvalue weighted by molar-refractivity contribution is 8.26. The predicted octanol–water partition coefficient (Wildman–Crippen LogP) is 2.18. The minimum absolute atomic E-state index is 0.187. The Bertz CT molecular complexity index is 819. The quantitative estimate of drug-likeness (QED) is 0.421. The molecule has 0 aliphatic carbocycles. The van der Waals surface area contributed by atoms with Gasteiger partial charge in [-0.2, -0.15) is 8.42 Å². The fourth-order valence-corrected chi connectivity index (χ4v) is 3.82. The zero-order valence-corrected chi connectivity index (χ0v) is 16.0. The third-order valence-corrected chi connectivity index (χ3v) is 5.31. The molecule has 0 bridgehead atoms. The lowest BCUT2D eigenvalue weighted by Gasteiger charge is -2.12. The van der Waals surface area contributed by atoms with Gasteiger partial charge in [-0.05, 0) is 30.7 Å². The van der Waals surface area contributed by atoms with Crippen molar-refractivity contribution in [3.8, 4) is 11.5 Å². The number of amides is 1. The van der Waals surface area contributed by atoms with Crippen LogP contribution in [-0.2, 0) is 14.9 Å². The molecule has 1 amide bonds. The Morgan fingerprint density at radius 1 is 1.36 bits per heavy atom. The van der Waals surface area contributed by atoms with Crippen LogP contribution >= 0.6 is 24.0 Å².